The van der Waals surface area contributed by atoms with Crippen LogP contribution in [0.3, 0.4) is 0 Å². The van der Waals surface area contributed by atoms with Gasteiger partial charge in [0.2, 0.25) is 0 Å². The van der Waals surface area contributed by atoms with Gasteiger partial charge in [-0.15, -0.1) is 0 Å². The van der Waals surface area contributed by atoms with Crippen LogP contribution in [0.15, 0.2) is 54.1 Å². The second kappa shape index (κ2) is 5.40. The summed E-state index contributed by atoms with van der Waals surface area (Å²) >= 11 is 0. The summed E-state index contributed by atoms with van der Waals surface area (Å²) in [4.78, 5) is 4.40. The van der Waals surface area contributed by atoms with Gasteiger partial charge in [-0.05, 0) is 37.1 Å². The summed E-state index contributed by atoms with van der Waals surface area (Å²) < 4.78 is 26.5. The summed E-state index contributed by atoms with van der Waals surface area (Å²) in [5.41, 5.74) is 0.963. The van der Waals surface area contributed by atoms with E-state index in [1.807, 2.05) is 12.1 Å². The first-order chi connectivity index (χ1) is 9.11. The molecular weight excluding hydrogens is 260 g/mol. The molecule has 100 valence electrons. The van der Waals surface area contributed by atoms with Crippen LogP contribution in [0.25, 0.3) is 0 Å². The molecule has 0 saturated carbocycles. The number of pyridine rings is 1. The highest BCUT2D eigenvalue weighted by Crippen LogP contribution is 2.30. The van der Waals surface area contributed by atoms with Crippen molar-refractivity contribution in [1.29, 1.82) is 0 Å². The van der Waals surface area contributed by atoms with E-state index in [4.69, 9.17) is 0 Å². The van der Waals surface area contributed by atoms with Gasteiger partial charge in [0, 0.05) is 12.7 Å². The third-order valence-corrected chi connectivity index (χ3v) is 4.69. The number of nitrogens with zero attached hydrogens (tertiary/aromatic N) is 2. The van der Waals surface area contributed by atoms with Crippen LogP contribution in [0.5, 0.6) is 0 Å². The van der Waals surface area contributed by atoms with E-state index in [2.05, 4.69) is 11.6 Å². The lowest BCUT2D eigenvalue weighted by atomic mass is 10.2. The summed E-state index contributed by atoms with van der Waals surface area (Å²) in [5.74, 6) is 0.530. The zero-order valence-electron chi connectivity index (χ0n) is 10.8. The van der Waals surface area contributed by atoms with Gasteiger partial charge < -0.3 is 0 Å². The van der Waals surface area contributed by atoms with E-state index in [0.29, 0.717) is 18.8 Å². The fraction of sp³-hybridized carbons (Fsp3) is 0.214. The van der Waals surface area contributed by atoms with E-state index in [0.717, 1.165) is 5.56 Å². The molecular formula is C14H16N2O2S. The molecule has 0 aromatic carbocycles. The molecule has 0 aliphatic carbocycles. The topological polar surface area (TPSA) is 50.3 Å². The van der Waals surface area contributed by atoms with Crippen molar-refractivity contribution in [1.82, 2.24) is 4.98 Å². The van der Waals surface area contributed by atoms with Crippen LogP contribution in [-0.4, -0.2) is 19.9 Å². The Kier molecular flexibility index (Phi) is 3.85. The van der Waals surface area contributed by atoms with Crippen LogP contribution < -0.4 is 4.31 Å². The van der Waals surface area contributed by atoms with Gasteiger partial charge in [0.1, 0.15) is 5.82 Å². The lowest BCUT2D eigenvalue weighted by molar-refractivity contribution is 0.599. The Bertz CT molecular complexity index is 645. The van der Waals surface area contributed by atoms with Crippen molar-refractivity contribution in [3.63, 3.8) is 0 Å². The third kappa shape index (κ3) is 2.46. The predicted molar refractivity (Wildman–Crippen MR) is 77.3 cm³/mol. The van der Waals surface area contributed by atoms with Gasteiger partial charge in [0.05, 0.1) is 4.91 Å². The van der Waals surface area contributed by atoms with Gasteiger partial charge in [-0.3, -0.25) is 0 Å². The van der Waals surface area contributed by atoms with Gasteiger partial charge >= 0.3 is 0 Å². The fourth-order valence-electron chi connectivity index (χ4n) is 2.05. The van der Waals surface area contributed by atoms with Crippen molar-refractivity contribution in [3.05, 3.63) is 59.7 Å². The van der Waals surface area contributed by atoms with Gasteiger partial charge in [-0.25, -0.2) is 17.7 Å². The summed E-state index contributed by atoms with van der Waals surface area (Å²) in [6, 6.07) is 3.73. The molecule has 0 atom stereocenters. The van der Waals surface area contributed by atoms with Crippen molar-refractivity contribution in [2.75, 3.05) is 10.8 Å². The number of hydrogen-bond acceptors (Lipinski definition) is 3. The number of sulfonamides is 1. The van der Waals surface area contributed by atoms with Crippen LogP contribution in [0.4, 0.5) is 5.82 Å². The number of anilines is 1. The molecule has 4 nitrogen and oxygen atoms in total. The molecule has 0 amide bonds. The maximum Gasteiger partial charge on any atom is 0.265 e. The molecule has 0 radical (unpaired) electrons. The van der Waals surface area contributed by atoms with Crippen molar-refractivity contribution < 1.29 is 8.42 Å². The van der Waals surface area contributed by atoms with Gasteiger partial charge in [-0.1, -0.05) is 24.8 Å². The first kappa shape index (κ1) is 13.5. The van der Waals surface area contributed by atoms with E-state index < -0.39 is 10.0 Å². The fourth-order valence-corrected chi connectivity index (χ4v) is 3.60. The molecule has 0 saturated heterocycles. The van der Waals surface area contributed by atoms with E-state index >= 15 is 0 Å². The zero-order chi connectivity index (χ0) is 13.9. The first-order valence-corrected chi connectivity index (χ1v) is 7.47. The molecule has 1 aromatic rings. The number of allylic oxidation sites excluding steroid dienone is 4. The van der Waals surface area contributed by atoms with Crippen LogP contribution in [0.2, 0.25) is 0 Å². The molecule has 0 unspecified atom stereocenters. The van der Waals surface area contributed by atoms with E-state index in [9.17, 15) is 8.42 Å². The van der Waals surface area contributed by atoms with Crippen LogP contribution in [0, 0.1) is 0 Å². The summed E-state index contributed by atoms with van der Waals surface area (Å²) in [6.45, 7) is 5.77. The number of hydrogen-bond donors (Lipinski definition) is 0. The average molecular weight is 276 g/mol. The predicted octanol–water partition coefficient (Wildman–Crippen LogP) is 2.42. The maximum absolute atomic E-state index is 12.6. The monoisotopic (exact) mass is 276 g/mol. The van der Waals surface area contributed by atoms with E-state index in [-0.39, 0.29) is 4.91 Å². The number of aromatic nitrogens is 1. The molecule has 0 fully saturated rings. The molecule has 19 heavy (non-hydrogen) atoms. The van der Waals surface area contributed by atoms with Crippen molar-refractivity contribution >= 4 is 15.8 Å². The van der Waals surface area contributed by atoms with Crippen molar-refractivity contribution in [2.45, 2.75) is 13.3 Å². The molecule has 0 spiro atoms. The average Bonchev–Trinajstić information content (AvgIpc) is 2.83. The van der Waals surface area contributed by atoms with Gasteiger partial charge in [-0.2, -0.15) is 0 Å². The third-order valence-electron chi connectivity index (χ3n) is 2.89. The van der Waals surface area contributed by atoms with Crippen LogP contribution in [0.1, 0.15) is 12.5 Å². The highest BCUT2D eigenvalue weighted by molar-refractivity contribution is 7.96. The van der Waals surface area contributed by atoms with Crippen molar-refractivity contribution in [2.24, 2.45) is 0 Å². The zero-order valence-corrected chi connectivity index (χ0v) is 11.6. The Labute approximate surface area is 113 Å². The Hall–Kier alpha value is -1.88. The largest absolute Gasteiger partial charge is 0.265 e. The molecule has 2 rings (SSSR count). The highest BCUT2D eigenvalue weighted by atomic mass is 32.2. The van der Waals surface area contributed by atoms with E-state index in [1.54, 1.807) is 25.3 Å². The van der Waals surface area contributed by atoms with Crippen LogP contribution >= 0.6 is 0 Å². The normalized spacial score (nSPS) is 15.8. The molecule has 2 heterocycles. The van der Waals surface area contributed by atoms with Gasteiger partial charge in [0.25, 0.3) is 10.0 Å². The second-order valence-electron chi connectivity index (χ2n) is 4.12. The maximum atomic E-state index is 12.6. The quantitative estimate of drug-likeness (QED) is 0.794. The molecule has 1 aliphatic heterocycles. The number of rotatable bonds is 4. The van der Waals surface area contributed by atoms with Gasteiger partial charge in [0.15, 0.2) is 0 Å². The van der Waals surface area contributed by atoms with Crippen LogP contribution in [-0.2, 0) is 16.4 Å². The molecule has 1 aromatic heterocycles. The second-order valence-corrected chi connectivity index (χ2v) is 5.98. The molecule has 0 bridgehead atoms. The Morgan fingerprint density at radius 2 is 2.32 bits per heavy atom. The summed E-state index contributed by atoms with van der Waals surface area (Å²) in [5, 5.41) is 0. The minimum atomic E-state index is -3.56. The minimum Gasteiger partial charge on any atom is -0.249 e. The first-order valence-electron chi connectivity index (χ1n) is 6.03. The molecule has 5 heteroatoms. The summed E-state index contributed by atoms with van der Waals surface area (Å²) in [7, 11) is -3.56. The standard InChI is InChI=1S/C14H16N2O2S/c1-3-6-13(7-4-2)19(17,18)16-11-9-12-8-5-10-15-14(12)16/h3-8,10H,1,9,11H2,2H3/b7-4-,13-6+. The number of fused-ring (bicyclic) bond motifs is 1. The smallest absolute Gasteiger partial charge is 0.249 e. The Morgan fingerprint density at radius 3 is 3.00 bits per heavy atom. The Balaban J connectivity index is 2.47. The van der Waals surface area contributed by atoms with Crippen molar-refractivity contribution in [3.8, 4) is 0 Å². The summed E-state index contributed by atoms with van der Waals surface area (Å²) in [6.07, 6.45) is 8.54. The molecule has 1 aliphatic rings. The highest BCUT2D eigenvalue weighted by Gasteiger charge is 2.32. The SMILES string of the molecule is C=C/C=C(\C=C/C)S(=O)(=O)N1CCc2cccnc21. The molecule has 0 N–H and O–H groups in total. The lowest BCUT2D eigenvalue weighted by Crippen LogP contribution is -2.30. The van der Waals surface area contributed by atoms with E-state index in [1.165, 1.54) is 16.5 Å². The lowest BCUT2D eigenvalue weighted by Gasteiger charge is -2.18. The Morgan fingerprint density at radius 1 is 1.53 bits per heavy atom. The minimum absolute atomic E-state index is 0.225.